The molecule has 0 aliphatic carbocycles. The van der Waals surface area contributed by atoms with Crippen molar-refractivity contribution in [2.75, 3.05) is 7.11 Å². The van der Waals surface area contributed by atoms with Gasteiger partial charge in [0.1, 0.15) is 12.1 Å². The van der Waals surface area contributed by atoms with Crippen LogP contribution in [-0.2, 0) is 23.9 Å². The van der Waals surface area contributed by atoms with Crippen LogP contribution in [0.3, 0.4) is 0 Å². The van der Waals surface area contributed by atoms with Crippen LogP contribution in [-0.4, -0.2) is 48.2 Å². The maximum atomic E-state index is 12.7. The number of aliphatic hydroxyl groups is 1. The first-order valence-corrected chi connectivity index (χ1v) is 13.2. The van der Waals surface area contributed by atoms with Gasteiger partial charge in [0.15, 0.2) is 5.76 Å². The first-order valence-electron chi connectivity index (χ1n) is 12.8. The van der Waals surface area contributed by atoms with E-state index >= 15 is 0 Å². The van der Waals surface area contributed by atoms with Crippen LogP contribution < -0.4 is 10.6 Å². The number of hydrogen-bond donors (Lipinski definition) is 3. The molecule has 1 heterocycles. The van der Waals surface area contributed by atoms with Gasteiger partial charge in [-0.1, -0.05) is 75.1 Å². The highest BCUT2D eigenvalue weighted by atomic mass is 35.5. The number of amides is 2. The van der Waals surface area contributed by atoms with Gasteiger partial charge in [-0.2, -0.15) is 0 Å². The van der Waals surface area contributed by atoms with Crippen molar-refractivity contribution >= 4 is 29.4 Å². The lowest BCUT2D eigenvalue weighted by molar-refractivity contribution is -0.151. The molecular formula is C30H41ClN2O6. The predicted molar refractivity (Wildman–Crippen MR) is 153 cm³/mol. The number of carbonyl (C=O) groups excluding carboxylic acids is 3. The Labute approximate surface area is 237 Å². The SMILES string of the molecule is COC1=CC[C@@H]([C@@H](C)/C=C(C)/C=C\C#CC(=O)NC(C(=O)N/C=C\C[C@@H](O)C/C=C(\C)Cl)C(C)(C)C)OC1=O. The summed E-state index contributed by atoms with van der Waals surface area (Å²) < 4.78 is 10.4. The molecule has 0 saturated heterocycles. The molecule has 2 amide bonds. The maximum absolute atomic E-state index is 12.7. The van der Waals surface area contributed by atoms with Crippen LogP contribution in [0.15, 0.2) is 59.0 Å². The third kappa shape index (κ3) is 13.4. The number of cyclic esters (lactones) is 1. The number of ether oxygens (including phenoxy) is 2. The van der Waals surface area contributed by atoms with Crippen LogP contribution in [0.4, 0.5) is 0 Å². The summed E-state index contributed by atoms with van der Waals surface area (Å²) in [4.78, 5) is 37.0. The van der Waals surface area contributed by atoms with Crippen LogP contribution in [0.1, 0.15) is 60.8 Å². The van der Waals surface area contributed by atoms with E-state index in [-0.39, 0.29) is 23.7 Å². The second kappa shape index (κ2) is 16.6. The van der Waals surface area contributed by atoms with Crippen molar-refractivity contribution in [3.8, 4) is 11.8 Å². The Kier molecular flexibility index (Phi) is 14.4. The van der Waals surface area contributed by atoms with Gasteiger partial charge in [-0.05, 0) is 56.4 Å². The molecule has 1 aliphatic heterocycles. The summed E-state index contributed by atoms with van der Waals surface area (Å²) in [5, 5.41) is 15.8. The van der Waals surface area contributed by atoms with Gasteiger partial charge in [-0.25, -0.2) is 4.79 Å². The van der Waals surface area contributed by atoms with Crippen molar-refractivity contribution in [1.82, 2.24) is 10.6 Å². The molecule has 0 fully saturated rings. The monoisotopic (exact) mass is 560 g/mol. The number of nitrogens with one attached hydrogen (secondary N) is 2. The molecule has 4 atom stereocenters. The van der Waals surface area contributed by atoms with Gasteiger partial charge in [0, 0.05) is 17.4 Å². The largest absolute Gasteiger partial charge is 0.490 e. The third-order valence-corrected chi connectivity index (χ3v) is 5.92. The normalized spacial score (nSPS) is 18.9. The standard InChI is InChI=1S/C30H41ClN2O6/c1-20(19-21(2)24-16-17-25(38-7)29(37)39-24)11-8-9-13-26(35)33-27(30(4,5)6)28(36)32-18-10-12-23(34)15-14-22(3)31/h8,10-11,14,17-19,21,23-24,27,34H,12,15-16H2,1-7H3,(H,32,36)(H,33,35)/b11-8-,18-10-,20-19+,22-14+/t21-,23+,24-,27?/m0/s1. The molecule has 0 radical (unpaired) electrons. The smallest absolute Gasteiger partial charge is 0.373 e. The number of methoxy groups -OCH3 is 1. The average Bonchev–Trinajstić information content (AvgIpc) is 2.85. The van der Waals surface area contributed by atoms with Gasteiger partial charge in [-0.3, -0.25) is 9.59 Å². The minimum absolute atomic E-state index is 0.0282. The van der Waals surface area contributed by atoms with Gasteiger partial charge in [0.05, 0.1) is 13.2 Å². The molecule has 1 rings (SSSR count). The minimum atomic E-state index is -0.826. The lowest BCUT2D eigenvalue weighted by Gasteiger charge is -2.29. The molecule has 8 nitrogen and oxygen atoms in total. The average molecular weight is 561 g/mol. The molecule has 0 spiro atoms. The molecule has 0 bridgehead atoms. The zero-order chi connectivity index (χ0) is 29.6. The number of rotatable bonds is 11. The lowest BCUT2D eigenvalue weighted by atomic mass is 9.86. The fourth-order valence-electron chi connectivity index (χ4n) is 3.58. The van der Waals surface area contributed by atoms with Crippen molar-refractivity contribution < 1.29 is 29.0 Å². The van der Waals surface area contributed by atoms with E-state index in [2.05, 4.69) is 22.5 Å². The highest BCUT2D eigenvalue weighted by Gasteiger charge is 2.32. The van der Waals surface area contributed by atoms with Crippen molar-refractivity contribution in [3.63, 3.8) is 0 Å². The van der Waals surface area contributed by atoms with E-state index < -0.39 is 29.4 Å². The molecule has 0 aromatic heterocycles. The molecule has 3 N–H and O–H groups in total. The summed E-state index contributed by atoms with van der Waals surface area (Å²) in [6.45, 7) is 11.1. The van der Waals surface area contributed by atoms with E-state index in [0.717, 1.165) is 5.57 Å². The summed E-state index contributed by atoms with van der Waals surface area (Å²) in [5.41, 5.74) is 0.331. The molecule has 1 aliphatic rings. The molecule has 0 aromatic rings. The van der Waals surface area contributed by atoms with Crippen LogP contribution in [0, 0.1) is 23.2 Å². The van der Waals surface area contributed by atoms with E-state index in [0.29, 0.717) is 24.3 Å². The van der Waals surface area contributed by atoms with Gasteiger partial charge in [-0.15, -0.1) is 0 Å². The first kappa shape index (κ1) is 33.7. The number of halogens is 1. The van der Waals surface area contributed by atoms with Crippen LogP contribution in [0.5, 0.6) is 0 Å². The van der Waals surface area contributed by atoms with Gasteiger partial charge in [0.2, 0.25) is 5.91 Å². The second-order valence-corrected chi connectivity index (χ2v) is 11.0. The lowest BCUT2D eigenvalue weighted by Crippen LogP contribution is -2.52. The zero-order valence-corrected chi connectivity index (χ0v) is 24.6. The summed E-state index contributed by atoms with van der Waals surface area (Å²) in [5.74, 6) is 3.92. The number of aliphatic hydroxyl groups excluding tert-OH is 1. The number of hydrogen-bond acceptors (Lipinski definition) is 6. The van der Waals surface area contributed by atoms with Gasteiger partial charge < -0.3 is 25.2 Å². The van der Waals surface area contributed by atoms with E-state index in [4.69, 9.17) is 21.1 Å². The Hall–Kier alpha value is -3.28. The van der Waals surface area contributed by atoms with Crippen molar-refractivity contribution in [1.29, 1.82) is 0 Å². The van der Waals surface area contributed by atoms with Crippen LogP contribution >= 0.6 is 11.6 Å². The number of esters is 1. The van der Waals surface area contributed by atoms with Gasteiger partial charge in [0.25, 0.3) is 5.91 Å². The molecule has 9 heteroatoms. The highest BCUT2D eigenvalue weighted by Crippen LogP contribution is 2.23. The van der Waals surface area contributed by atoms with Crippen molar-refractivity contribution in [3.05, 3.63) is 59.0 Å². The Morgan fingerprint density at radius 2 is 2.00 bits per heavy atom. The van der Waals surface area contributed by atoms with E-state index in [9.17, 15) is 19.5 Å². The molecule has 0 saturated carbocycles. The number of carbonyl (C=O) groups is 3. The molecule has 214 valence electrons. The second-order valence-electron chi connectivity index (χ2n) is 10.4. The summed E-state index contributed by atoms with van der Waals surface area (Å²) in [7, 11) is 1.43. The third-order valence-electron chi connectivity index (χ3n) is 5.77. The van der Waals surface area contributed by atoms with E-state index in [1.807, 2.05) is 40.7 Å². The summed E-state index contributed by atoms with van der Waals surface area (Å²) in [6, 6.07) is -0.826. The Morgan fingerprint density at radius 1 is 1.31 bits per heavy atom. The molecule has 39 heavy (non-hydrogen) atoms. The molecular weight excluding hydrogens is 520 g/mol. The Morgan fingerprint density at radius 3 is 2.59 bits per heavy atom. The highest BCUT2D eigenvalue weighted by molar-refractivity contribution is 6.29. The van der Waals surface area contributed by atoms with E-state index in [1.54, 1.807) is 37.3 Å². The van der Waals surface area contributed by atoms with Crippen LogP contribution in [0.2, 0.25) is 0 Å². The maximum Gasteiger partial charge on any atom is 0.373 e. The van der Waals surface area contributed by atoms with E-state index in [1.165, 1.54) is 13.3 Å². The quantitative estimate of drug-likeness (QED) is 0.196. The predicted octanol–water partition coefficient (Wildman–Crippen LogP) is 4.42. The summed E-state index contributed by atoms with van der Waals surface area (Å²) in [6.07, 6.45) is 12.3. The number of allylic oxidation sites excluding steroid dienone is 4. The fraction of sp³-hybridized carbons (Fsp3) is 0.500. The first-order chi connectivity index (χ1) is 18.2. The Bertz CT molecular complexity index is 1080. The van der Waals surface area contributed by atoms with Crippen molar-refractivity contribution in [2.24, 2.45) is 11.3 Å². The topological polar surface area (TPSA) is 114 Å². The molecule has 0 aromatic carbocycles. The summed E-state index contributed by atoms with van der Waals surface area (Å²) >= 11 is 5.76. The minimum Gasteiger partial charge on any atom is -0.490 e. The fourth-order valence-corrected chi connectivity index (χ4v) is 3.67. The van der Waals surface area contributed by atoms with Crippen LogP contribution in [0.25, 0.3) is 0 Å². The van der Waals surface area contributed by atoms with Crippen molar-refractivity contribution in [2.45, 2.75) is 79.1 Å². The Balaban J connectivity index is 2.67. The zero-order valence-electron chi connectivity index (χ0n) is 23.8. The van der Waals surface area contributed by atoms with Gasteiger partial charge >= 0.3 is 5.97 Å². The molecule has 1 unspecified atom stereocenters.